The minimum absolute atomic E-state index is 0.198. The normalized spacial score (nSPS) is 27.6. The second-order valence-corrected chi connectivity index (χ2v) is 4.88. The van der Waals surface area contributed by atoms with Crippen LogP contribution in [0.2, 0.25) is 0 Å². The van der Waals surface area contributed by atoms with Crippen LogP contribution in [-0.2, 0) is 0 Å². The van der Waals surface area contributed by atoms with Gasteiger partial charge in [-0.25, -0.2) is 0 Å². The van der Waals surface area contributed by atoms with Crippen molar-refractivity contribution in [1.82, 2.24) is 10.2 Å². The molecule has 0 radical (unpaired) electrons. The number of rotatable bonds is 5. The molecule has 0 aromatic rings. The zero-order valence-corrected chi connectivity index (χ0v) is 9.39. The van der Waals surface area contributed by atoms with Crippen LogP contribution in [0.15, 0.2) is 0 Å². The molecule has 0 amide bonds. The Morgan fingerprint density at radius 2 is 1.94 bits per heavy atom. The van der Waals surface area contributed by atoms with E-state index >= 15 is 0 Å². The summed E-state index contributed by atoms with van der Waals surface area (Å²) in [6, 6.07) is 1.19. The second kappa shape index (κ2) is 4.92. The molecular formula is C11H19F3N2. The van der Waals surface area contributed by atoms with E-state index in [-0.39, 0.29) is 6.42 Å². The van der Waals surface area contributed by atoms with Crippen molar-refractivity contribution >= 4 is 0 Å². The van der Waals surface area contributed by atoms with Crippen LogP contribution in [0.4, 0.5) is 13.2 Å². The third kappa shape index (κ3) is 3.94. The lowest BCUT2D eigenvalue weighted by Gasteiger charge is -2.15. The molecule has 1 saturated carbocycles. The molecule has 2 nitrogen and oxygen atoms in total. The average molecular weight is 236 g/mol. The molecule has 1 saturated heterocycles. The summed E-state index contributed by atoms with van der Waals surface area (Å²) in [7, 11) is 0. The largest absolute Gasteiger partial charge is 0.389 e. The summed E-state index contributed by atoms with van der Waals surface area (Å²) in [6.07, 6.45) is -0.774. The van der Waals surface area contributed by atoms with E-state index in [2.05, 4.69) is 10.2 Å². The highest BCUT2D eigenvalue weighted by atomic mass is 19.4. The summed E-state index contributed by atoms with van der Waals surface area (Å²) in [5.74, 6) is 0. The number of nitrogens with zero attached hydrogens (tertiary/aromatic N) is 1. The van der Waals surface area contributed by atoms with Crippen molar-refractivity contribution in [3.63, 3.8) is 0 Å². The third-order valence-electron chi connectivity index (χ3n) is 3.35. The summed E-state index contributed by atoms with van der Waals surface area (Å²) < 4.78 is 35.7. The van der Waals surface area contributed by atoms with Gasteiger partial charge in [0, 0.05) is 31.6 Å². The van der Waals surface area contributed by atoms with Crippen molar-refractivity contribution in [3.05, 3.63) is 0 Å². The molecule has 2 aliphatic rings. The fraction of sp³-hybridized carbons (Fsp3) is 1.00. The molecule has 0 bridgehead atoms. The van der Waals surface area contributed by atoms with Crippen LogP contribution in [0.5, 0.6) is 0 Å². The van der Waals surface area contributed by atoms with E-state index in [0.29, 0.717) is 12.6 Å². The molecule has 1 aliphatic heterocycles. The number of likely N-dealkylation sites (tertiary alicyclic amines) is 1. The highest BCUT2D eigenvalue weighted by molar-refractivity contribution is 4.91. The lowest BCUT2D eigenvalue weighted by Crippen LogP contribution is -2.34. The van der Waals surface area contributed by atoms with Gasteiger partial charge in [0.2, 0.25) is 0 Å². The maximum atomic E-state index is 11.9. The third-order valence-corrected chi connectivity index (χ3v) is 3.35. The Labute approximate surface area is 94.2 Å². The Hall–Kier alpha value is -0.290. The first-order valence-corrected chi connectivity index (χ1v) is 6.09. The number of hydrogen-bond acceptors (Lipinski definition) is 2. The van der Waals surface area contributed by atoms with Gasteiger partial charge in [-0.05, 0) is 32.2 Å². The van der Waals surface area contributed by atoms with Crippen LogP contribution < -0.4 is 5.32 Å². The van der Waals surface area contributed by atoms with E-state index in [4.69, 9.17) is 0 Å². The average Bonchev–Trinajstić information content (AvgIpc) is 2.93. The SMILES string of the molecule is FC(F)(F)CCCNC1CCN(C2CC2)C1. The molecule has 0 aromatic heterocycles. The first-order chi connectivity index (χ1) is 7.54. The molecule has 1 unspecified atom stereocenters. The maximum Gasteiger partial charge on any atom is 0.389 e. The molecule has 0 spiro atoms. The van der Waals surface area contributed by atoms with Crippen LogP contribution >= 0.6 is 0 Å². The number of alkyl halides is 3. The maximum absolute atomic E-state index is 11.9. The zero-order chi connectivity index (χ0) is 11.6. The van der Waals surface area contributed by atoms with Gasteiger partial charge in [0.1, 0.15) is 0 Å². The van der Waals surface area contributed by atoms with E-state index < -0.39 is 12.6 Å². The molecule has 0 aromatic carbocycles. The Bertz CT molecular complexity index is 226. The minimum Gasteiger partial charge on any atom is -0.313 e. The molecular weight excluding hydrogens is 217 g/mol. The van der Waals surface area contributed by atoms with Crippen molar-refractivity contribution < 1.29 is 13.2 Å². The van der Waals surface area contributed by atoms with Crippen LogP contribution in [0.25, 0.3) is 0 Å². The molecule has 1 N–H and O–H groups in total. The molecule has 1 atom stereocenters. The van der Waals surface area contributed by atoms with Crippen molar-refractivity contribution in [2.24, 2.45) is 0 Å². The van der Waals surface area contributed by atoms with Crippen LogP contribution in [-0.4, -0.2) is 42.8 Å². The molecule has 5 heteroatoms. The first-order valence-electron chi connectivity index (χ1n) is 6.09. The number of hydrogen-bond donors (Lipinski definition) is 1. The fourth-order valence-electron chi connectivity index (χ4n) is 2.32. The van der Waals surface area contributed by atoms with Gasteiger partial charge in [-0.3, -0.25) is 4.90 Å². The molecule has 16 heavy (non-hydrogen) atoms. The predicted molar refractivity (Wildman–Crippen MR) is 56.3 cm³/mol. The fourth-order valence-corrected chi connectivity index (χ4v) is 2.32. The summed E-state index contributed by atoms with van der Waals surface area (Å²) >= 11 is 0. The standard InChI is InChI=1S/C11H19F3N2/c12-11(13,14)5-1-6-15-9-4-7-16(8-9)10-2-3-10/h9-10,15H,1-8H2. The van der Waals surface area contributed by atoms with Crippen LogP contribution in [0, 0.1) is 0 Å². The molecule has 1 aliphatic carbocycles. The van der Waals surface area contributed by atoms with Gasteiger partial charge in [-0.15, -0.1) is 0 Å². The second-order valence-electron chi connectivity index (χ2n) is 4.88. The van der Waals surface area contributed by atoms with E-state index in [1.807, 2.05) is 0 Å². The van der Waals surface area contributed by atoms with Gasteiger partial charge in [-0.1, -0.05) is 0 Å². The number of halogens is 3. The summed E-state index contributed by atoms with van der Waals surface area (Å²) in [5, 5.41) is 3.23. The summed E-state index contributed by atoms with van der Waals surface area (Å²) in [6.45, 7) is 2.63. The Balaban J connectivity index is 1.54. The summed E-state index contributed by atoms with van der Waals surface area (Å²) in [4.78, 5) is 2.46. The highest BCUT2D eigenvalue weighted by Gasteiger charge is 2.34. The molecule has 1 heterocycles. The quantitative estimate of drug-likeness (QED) is 0.736. The van der Waals surface area contributed by atoms with Crippen molar-refractivity contribution in [3.8, 4) is 0 Å². The highest BCUT2D eigenvalue weighted by Crippen LogP contribution is 2.29. The monoisotopic (exact) mass is 236 g/mol. The van der Waals surface area contributed by atoms with E-state index in [0.717, 1.165) is 25.6 Å². The zero-order valence-electron chi connectivity index (χ0n) is 9.39. The molecule has 2 rings (SSSR count). The lowest BCUT2D eigenvalue weighted by atomic mass is 10.2. The Morgan fingerprint density at radius 3 is 2.56 bits per heavy atom. The number of nitrogens with one attached hydrogen (secondary N) is 1. The van der Waals surface area contributed by atoms with Crippen LogP contribution in [0.1, 0.15) is 32.1 Å². The molecule has 94 valence electrons. The topological polar surface area (TPSA) is 15.3 Å². The molecule has 2 fully saturated rings. The summed E-state index contributed by atoms with van der Waals surface area (Å²) in [5.41, 5.74) is 0. The van der Waals surface area contributed by atoms with Crippen molar-refractivity contribution in [1.29, 1.82) is 0 Å². The first kappa shape index (κ1) is 12.2. The van der Waals surface area contributed by atoms with Gasteiger partial charge in [-0.2, -0.15) is 13.2 Å². The Morgan fingerprint density at radius 1 is 1.19 bits per heavy atom. The van der Waals surface area contributed by atoms with Crippen molar-refractivity contribution in [2.75, 3.05) is 19.6 Å². The Kier molecular flexibility index (Phi) is 3.74. The minimum atomic E-state index is -4.00. The van der Waals surface area contributed by atoms with Gasteiger partial charge in [0.25, 0.3) is 0 Å². The van der Waals surface area contributed by atoms with Gasteiger partial charge in [0.05, 0.1) is 0 Å². The van der Waals surface area contributed by atoms with E-state index in [9.17, 15) is 13.2 Å². The lowest BCUT2D eigenvalue weighted by molar-refractivity contribution is -0.135. The smallest absolute Gasteiger partial charge is 0.313 e. The van der Waals surface area contributed by atoms with Gasteiger partial charge < -0.3 is 5.32 Å². The predicted octanol–water partition coefficient (Wildman–Crippen LogP) is 2.16. The van der Waals surface area contributed by atoms with E-state index in [1.165, 1.54) is 12.8 Å². The van der Waals surface area contributed by atoms with Gasteiger partial charge in [0.15, 0.2) is 0 Å². The van der Waals surface area contributed by atoms with Crippen LogP contribution in [0.3, 0.4) is 0 Å². The van der Waals surface area contributed by atoms with Crippen molar-refractivity contribution in [2.45, 2.75) is 50.4 Å². The van der Waals surface area contributed by atoms with Gasteiger partial charge >= 0.3 is 6.18 Å². The van der Waals surface area contributed by atoms with E-state index in [1.54, 1.807) is 0 Å².